The second kappa shape index (κ2) is 8.74. The molecule has 0 aliphatic heterocycles. The molecule has 4 fully saturated rings. The van der Waals surface area contributed by atoms with E-state index in [0.717, 1.165) is 45.7 Å². The van der Waals surface area contributed by atoms with E-state index in [2.05, 4.69) is 10.9 Å². The first-order valence-electron chi connectivity index (χ1n) is 12.8. The van der Waals surface area contributed by atoms with E-state index in [-0.39, 0.29) is 16.9 Å². The number of hydrogen-bond donors (Lipinski definition) is 2. The zero-order valence-electron chi connectivity index (χ0n) is 20.3. The van der Waals surface area contributed by atoms with Crippen LogP contribution in [0.1, 0.15) is 50.5 Å². The van der Waals surface area contributed by atoms with Gasteiger partial charge in [0.1, 0.15) is 5.75 Å². The Morgan fingerprint density at radius 3 is 2.31 bits per heavy atom. The Balaban J connectivity index is 1.18. The second-order valence-electron chi connectivity index (χ2n) is 11.1. The molecule has 0 unspecified atom stereocenters. The fourth-order valence-electron chi connectivity index (χ4n) is 7.54. The Morgan fingerprint density at radius 1 is 0.971 bits per heavy atom. The minimum atomic E-state index is -0.0590. The molecule has 35 heavy (non-hydrogen) atoms. The molecule has 7 rings (SSSR count). The van der Waals surface area contributed by atoms with Crippen LogP contribution >= 0.6 is 0 Å². The van der Waals surface area contributed by atoms with Crippen molar-refractivity contribution < 1.29 is 9.53 Å². The van der Waals surface area contributed by atoms with Gasteiger partial charge in [0.25, 0.3) is 5.56 Å². The lowest BCUT2D eigenvalue weighted by Gasteiger charge is -2.56. The minimum absolute atomic E-state index is 0.0590. The van der Waals surface area contributed by atoms with Gasteiger partial charge in [0.15, 0.2) is 0 Å². The van der Waals surface area contributed by atoms with Gasteiger partial charge in [0, 0.05) is 17.9 Å². The maximum atomic E-state index is 13.0. The predicted molar refractivity (Wildman–Crippen MR) is 137 cm³/mol. The first-order valence-corrected chi connectivity index (χ1v) is 12.8. The first-order chi connectivity index (χ1) is 17.0. The van der Waals surface area contributed by atoms with E-state index in [1.54, 1.807) is 17.7 Å². The summed E-state index contributed by atoms with van der Waals surface area (Å²) in [5.74, 6) is 3.36. The van der Waals surface area contributed by atoms with E-state index in [1.807, 2.05) is 48.5 Å². The maximum absolute atomic E-state index is 13.0. The largest absolute Gasteiger partial charge is 0.497 e. The van der Waals surface area contributed by atoms with Gasteiger partial charge in [-0.2, -0.15) is 0 Å². The minimum Gasteiger partial charge on any atom is -0.497 e. The van der Waals surface area contributed by atoms with E-state index in [9.17, 15) is 9.59 Å². The average molecular weight is 472 g/mol. The van der Waals surface area contributed by atoms with Crippen LogP contribution in [0.5, 0.6) is 5.75 Å². The van der Waals surface area contributed by atoms with Crippen LogP contribution in [0.25, 0.3) is 10.9 Å². The molecule has 3 aromatic rings. The van der Waals surface area contributed by atoms with Crippen molar-refractivity contribution in [1.82, 2.24) is 9.99 Å². The standard InChI is InChI=1S/C29H33N3O3/c1-35-23-7-5-19(6-8-23)18-32-26-4-2-3-25(24(26)9-10-28(32)34)30-31-27(33)17-29-14-20-11-21(15-29)13-22(12-20)16-29/h2-10,20-22,30H,11-18H2,1H3,(H,31,33). The Morgan fingerprint density at radius 2 is 1.66 bits per heavy atom. The summed E-state index contributed by atoms with van der Waals surface area (Å²) in [6.45, 7) is 0.460. The number of pyridine rings is 1. The molecule has 1 heterocycles. The van der Waals surface area contributed by atoms with Gasteiger partial charge in [-0.05, 0) is 97.6 Å². The number of nitrogens with zero attached hydrogens (tertiary/aromatic N) is 1. The zero-order chi connectivity index (χ0) is 24.0. The molecule has 2 N–H and O–H groups in total. The van der Waals surface area contributed by atoms with Gasteiger partial charge in [-0.25, -0.2) is 0 Å². The number of amides is 1. The summed E-state index contributed by atoms with van der Waals surface area (Å²) < 4.78 is 7.00. The number of hydrogen-bond acceptors (Lipinski definition) is 4. The molecule has 6 nitrogen and oxygen atoms in total. The van der Waals surface area contributed by atoms with Crippen LogP contribution in [-0.2, 0) is 11.3 Å². The molecule has 4 saturated carbocycles. The van der Waals surface area contributed by atoms with Crippen molar-refractivity contribution >= 4 is 22.5 Å². The molecule has 1 amide bonds. The summed E-state index contributed by atoms with van der Waals surface area (Å²) in [6.07, 6.45) is 8.42. The van der Waals surface area contributed by atoms with Crippen molar-refractivity contribution in [2.75, 3.05) is 12.5 Å². The van der Waals surface area contributed by atoms with Crippen molar-refractivity contribution in [3.05, 3.63) is 70.5 Å². The summed E-state index contributed by atoms with van der Waals surface area (Å²) >= 11 is 0. The molecule has 2 aromatic carbocycles. The lowest BCUT2D eigenvalue weighted by molar-refractivity contribution is -0.128. The van der Waals surface area contributed by atoms with Gasteiger partial charge in [-0.3, -0.25) is 20.4 Å². The number of carbonyl (C=O) groups is 1. The van der Waals surface area contributed by atoms with E-state index in [1.165, 1.54) is 38.5 Å². The number of nitrogens with one attached hydrogen (secondary N) is 2. The van der Waals surface area contributed by atoms with Gasteiger partial charge >= 0.3 is 0 Å². The lowest BCUT2D eigenvalue weighted by atomic mass is 9.49. The molecule has 4 aliphatic carbocycles. The number of fused-ring (bicyclic) bond motifs is 1. The summed E-state index contributed by atoms with van der Waals surface area (Å²) in [5.41, 5.74) is 8.92. The Kier molecular flexibility index (Phi) is 5.54. The van der Waals surface area contributed by atoms with E-state index in [0.29, 0.717) is 13.0 Å². The molecule has 182 valence electrons. The third-order valence-electron chi connectivity index (χ3n) is 8.57. The van der Waals surface area contributed by atoms with Crippen molar-refractivity contribution in [3.63, 3.8) is 0 Å². The SMILES string of the molecule is COc1ccc(Cn2c(=O)ccc3c(NNC(=O)CC45CC6CC(CC(C6)C4)C5)cccc32)cc1. The highest BCUT2D eigenvalue weighted by molar-refractivity contribution is 5.92. The molecular weight excluding hydrogens is 438 g/mol. The van der Waals surface area contributed by atoms with Gasteiger partial charge in [-0.15, -0.1) is 0 Å². The quantitative estimate of drug-likeness (QED) is 0.470. The normalized spacial score (nSPS) is 26.6. The van der Waals surface area contributed by atoms with E-state index in [4.69, 9.17) is 4.74 Å². The Hall–Kier alpha value is -3.28. The van der Waals surface area contributed by atoms with Gasteiger partial charge in [-0.1, -0.05) is 18.2 Å². The number of ether oxygens (including phenoxy) is 1. The average Bonchev–Trinajstić information content (AvgIpc) is 2.83. The number of anilines is 1. The number of hydrazine groups is 1. The Bertz CT molecular complexity index is 1280. The predicted octanol–water partition coefficient (Wildman–Crippen LogP) is 5.11. The van der Waals surface area contributed by atoms with Crippen LogP contribution in [0.3, 0.4) is 0 Å². The van der Waals surface area contributed by atoms with Crippen LogP contribution < -0.4 is 21.1 Å². The summed E-state index contributed by atoms with van der Waals surface area (Å²) in [6, 6.07) is 17.0. The molecule has 4 bridgehead atoms. The fraction of sp³-hybridized carbons (Fsp3) is 0.448. The number of methoxy groups -OCH3 is 1. The van der Waals surface area contributed by atoms with Gasteiger partial charge in [0.2, 0.25) is 5.91 Å². The molecule has 6 heteroatoms. The third-order valence-corrected chi connectivity index (χ3v) is 8.57. The van der Waals surface area contributed by atoms with Crippen molar-refractivity contribution in [2.45, 2.75) is 51.5 Å². The number of benzene rings is 2. The number of aromatic nitrogens is 1. The first kappa shape index (κ1) is 22.2. The van der Waals surface area contributed by atoms with Crippen molar-refractivity contribution in [1.29, 1.82) is 0 Å². The second-order valence-corrected chi connectivity index (χ2v) is 11.1. The maximum Gasteiger partial charge on any atom is 0.251 e. The molecule has 0 saturated heterocycles. The third kappa shape index (κ3) is 4.30. The van der Waals surface area contributed by atoms with Crippen LogP contribution in [0.4, 0.5) is 5.69 Å². The molecule has 1 aromatic heterocycles. The summed E-state index contributed by atoms with van der Waals surface area (Å²) in [5, 5.41) is 0.899. The monoisotopic (exact) mass is 471 g/mol. The number of carbonyl (C=O) groups excluding carboxylic acids is 1. The molecule has 0 spiro atoms. The highest BCUT2D eigenvalue weighted by Gasteiger charge is 2.51. The van der Waals surface area contributed by atoms with Gasteiger partial charge < -0.3 is 9.30 Å². The van der Waals surface area contributed by atoms with Crippen molar-refractivity contribution in [2.24, 2.45) is 23.2 Å². The summed E-state index contributed by atoms with van der Waals surface area (Å²) in [7, 11) is 1.64. The fourth-order valence-corrected chi connectivity index (χ4v) is 7.54. The topological polar surface area (TPSA) is 72.4 Å². The lowest BCUT2D eigenvalue weighted by Crippen LogP contribution is -2.48. The van der Waals surface area contributed by atoms with E-state index >= 15 is 0 Å². The van der Waals surface area contributed by atoms with Crippen LogP contribution in [0.2, 0.25) is 0 Å². The molecule has 0 radical (unpaired) electrons. The molecule has 4 aliphatic rings. The summed E-state index contributed by atoms with van der Waals surface area (Å²) in [4.78, 5) is 25.8. The van der Waals surface area contributed by atoms with E-state index < -0.39 is 0 Å². The Labute approximate surface area is 205 Å². The van der Waals surface area contributed by atoms with Crippen molar-refractivity contribution in [3.8, 4) is 5.75 Å². The van der Waals surface area contributed by atoms with Crippen LogP contribution in [0.15, 0.2) is 59.4 Å². The van der Waals surface area contributed by atoms with Crippen LogP contribution in [-0.4, -0.2) is 17.6 Å². The zero-order valence-corrected chi connectivity index (χ0v) is 20.3. The van der Waals surface area contributed by atoms with Crippen LogP contribution in [0, 0.1) is 23.2 Å². The number of rotatable bonds is 7. The smallest absolute Gasteiger partial charge is 0.251 e. The van der Waals surface area contributed by atoms with Gasteiger partial charge in [0.05, 0.1) is 24.9 Å². The molecule has 0 atom stereocenters. The molecular formula is C29H33N3O3. The highest BCUT2D eigenvalue weighted by Crippen LogP contribution is 2.61. The highest BCUT2D eigenvalue weighted by atomic mass is 16.5.